The smallest absolute Gasteiger partial charge is 0.235 e. The van der Waals surface area contributed by atoms with Gasteiger partial charge < -0.3 is 15.7 Å². The zero-order valence-electron chi connectivity index (χ0n) is 19.4. The van der Waals surface area contributed by atoms with Crippen molar-refractivity contribution in [1.29, 1.82) is 0 Å². The quantitative estimate of drug-likeness (QED) is 0.507. The lowest BCUT2D eigenvalue weighted by molar-refractivity contribution is -0.150. The minimum absolute atomic E-state index is 0.317. The van der Waals surface area contributed by atoms with Crippen molar-refractivity contribution < 1.29 is 19.5 Å². The molecule has 0 unspecified atom stereocenters. The van der Waals surface area contributed by atoms with Crippen molar-refractivity contribution in [2.75, 3.05) is 10.6 Å². The molecule has 1 aromatic heterocycles. The average molecular weight is 461 g/mol. The number of aromatic nitrogens is 2. The summed E-state index contributed by atoms with van der Waals surface area (Å²) in [6.07, 6.45) is 1.39. The van der Waals surface area contributed by atoms with Crippen molar-refractivity contribution in [2.24, 2.45) is 18.9 Å². The number of nitrogens with zero attached hydrogens (tertiary/aromatic N) is 2. The van der Waals surface area contributed by atoms with Gasteiger partial charge in [0.2, 0.25) is 11.8 Å². The summed E-state index contributed by atoms with van der Waals surface area (Å²) in [6.45, 7) is 3.24. The summed E-state index contributed by atoms with van der Waals surface area (Å²) in [4.78, 5) is 40.3. The van der Waals surface area contributed by atoms with Crippen LogP contribution in [0.25, 0.3) is 0 Å². The van der Waals surface area contributed by atoms with Gasteiger partial charge in [-0.25, -0.2) is 0 Å². The first kappa shape index (κ1) is 23.4. The number of Topliss-reactive ketones (excluding diaryl/α,β-unsaturated/α-hetero) is 1. The van der Waals surface area contributed by atoms with E-state index in [0.717, 1.165) is 0 Å². The normalized spacial score (nSPS) is 24.5. The number of hydrogen-bond donors (Lipinski definition) is 3. The van der Waals surface area contributed by atoms with Crippen LogP contribution in [0.4, 0.5) is 11.4 Å². The molecule has 4 rings (SSSR count). The highest BCUT2D eigenvalue weighted by molar-refractivity contribution is 6.10. The van der Waals surface area contributed by atoms with Crippen molar-refractivity contribution in [3.63, 3.8) is 0 Å². The Balaban J connectivity index is 1.78. The Morgan fingerprint density at radius 1 is 1.00 bits per heavy atom. The maximum atomic E-state index is 13.6. The number of aryl methyl sites for hydroxylation is 2. The van der Waals surface area contributed by atoms with Crippen LogP contribution >= 0.6 is 0 Å². The first-order valence-electron chi connectivity index (χ1n) is 11.1. The average Bonchev–Trinajstić information content (AvgIpc) is 3.11. The van der Waals surface area contributed by atoms with Gasteiger partial charge in [0.15, 0.2) is 0 Å². The Morgan fingerprint density at radius 3 is 2.03 bits per heavy atom. The highest BCUT2D eigenvalue weighted by Crippen LogP contribution is 2.47. The van der Waals surface area contributed by atoms with Crippen LogP contribution in [0.15, 0.2) is 66.9 Å². The summed E-state index contributed by atoms with van der Waals surface area (Å²) in [5, 5.41) is 21.4. The second-order valence-corrected chi connectivity index (χ2v) is 9.04. The number of nitrogens with one attached hydrogen (secondary N) is 2. The fraction of sp³-hybridized carbons (Fsp3) is 0.308. The minimum Gasteiger partial charge on any atom is -0.389 e. The zero-order chi connectivity index (χ0) is 24.5. The zero-order valence-corrected chi connectivity index (χ0v) is 19.4. The molecule has 0 bridgehead atoms. The SMILES string of the molecule is Cc1nn(C)cc1[C@@H]1[C@@H](C(=O)Nc2ccccc2)C(=O)C[C@@](C)(O)[C@@H]1C(=O)Nc1ccccc1. The summed E-state index contributed by atoms with van der Waals surface area (Å²) in [6, 6.07) is 17.7. The number of ketones is 1. The van der Waals surface area contributed by atoms with E-state index in [1.165, 1.54) is 6.92 Å². The molecule has 1 heterocycles. The molecule has 1 fully saturated rings. The van der Waals surface area contributed by atoms with E-state index >= 15 is 0 Å². The topological polar surface area (TPSA) is 113 Å². The number of aliphatic hydroxyl groups is 1. The molecule has 2 amide bonds. The summed E-state index contributed by atoms with van der Waals surface area (Å²) in [5.74, 6) is -4.55. The van der Waals surface area contributed by atoms with Gasteiger partial charge in [-0.15, -0.1) is 0 Å². The maximum Gasteiger partial charge on any atom is 0.235 e. The Bertz CT molecular complexity index is 1200. The Kier molecular flexibility index (Phi) is 6.34. The fourth-order valence-electron chi connectivity index (χ4n) is 4.89. The fourth-order valence-corrected chi connectivity index (χ4v) is 4.89. The van der Waals surface area contributed by atoms with Crippen LogP contribution in [0.1, 0.15) is 30.5 Å². The molecule has 3 aromatic rings. The molecular formula is C26H28N4O4. The second-order valence-electron chi connectivity index (χ2n) is 9.04. The summed E-state index contributed by atoms with van der Waals surface area (Å²) >= 11 is 0. The third-order valence-corrected chi connectivity index (χ3v) is 6.33. The highest BCUT2D eigenvalue weighted by Gasteiger charge is 2.56. The Hall–Kier alpha value is -3.78. The van der Waals surface area contributed by atoms with Gasteiger partial charge in [0.25, 0.3) is 0 Å². The van der Waals surface area contributed by atoms with Crippen LogP contribution in [0.5, 0.6) is 0 Å². The van der Waals surface area contributed by atoms with Gasteiger partial charge in [-0.05, 0) is 43.7 Å². The van der Waals surface area contributed by atoms with E-state index in [-0.39, 0.29) is 6.42 Å². The van der Waals surface area contributed by atoms with Crippen molar-refractivity contribution >= 4 is 29.0 Å². The van der Waals surface area contributed by atoms with E-state index in [1.807, 2.05) is 12.1 Å². The van der Waals surface area contributed by atoms with Crippen LogP contribution in [-0.2, 0) is 21.4 Å². The van der Waals surface area contributed by atoms with Crippen LogP contribution in [-0.4, -0.2) is 38.1 Å². The molecule has 0 spiro atoms. The number of hydrogen-bond acceptors (Lipinski definition) is 5. The van der Waals surface area contributed by atoms with Gasteiger partial charge in [0, 0.05) is 37.0 Å². The molecule has 1 aliphatic carbocycles. The maximum absolute atomic E-state index is 13.6. The van der Waals surface area contributed by atoms with Crippen LogP contribution in [0.3, 0.4) is 0 Å². The third kappa shape index (κ3) is 4.63. The largest absolute Gasteiger partial charge is 0.389 e. The van der Waals surface area contributed by atoms with Crippen molar-refractivity contribution in [3.05, 3.63) is 78.1 Å². The number of anilines is 2. The minimum atomic E-state index is -1.66. The summed E-state index contributed by atoms with van der Waals surface area (Å²) in [5.41, 5.74) is 0.619. The first-order valence-corrected chi connectivity index (χ1v) is 11.1. The lowest BCUT2D eigenvalue weighted by Crippen LogP contribution is -2.56. The van der Waals surface area contributed by atoms with E-state index in [0.29, 0.717) is 22.6 Å². The van der Waals surface area contributed by atoms with Gasteiger partial charge in [-0.2, -0.15) is 5.10 Å². The predicted octanol–water partition coefficient (Wildman–Crippen LogP) is 3.05. The second kappa shape index (κ2) is 9.23. The number of amides is 2. The van der Waals surface area contributed by atoms with Gasteiger partial charge in [0.05, 0.1) is 17.2 Å². The van der Waals surface area contributed by atoms with Crippen LogP contribution in [0, 0.1) is 18.8 Å². The van der Waals surface area contributed by atoms with Crippen molar-refractivity contribution in [3.8, 4) is 0 Å². The van der Waals surface area contributed by atoms with Crippen molar-refractivity contribution in [2.45, 2.75) is 31.8 Å². The lowest BCUT2D eigenvalue weighted by Gasteiger charge is -2.44. The molecule has 8 nitrogen and oxygen atoms in total. The van der Waals surface area contributed by atoms with E-state index in [4.69, 9.17) is 0 Å². The van der Waals surface area contributed by atoms with E-state index in [2.05, 4.69) is 15.7 Å². The molecule has 0 saturated heterocycles. The molecular weight excluding hydrogens is 432 g/mol. The standard InChI is InChI=1S/C26H28N4O4/c1-16-19(15-30(3)29-16)21-22(24(32)27-17-10-6-4-7-11-17)20(31)14-26(2,34)23(21)25(33)28-18-12-8-5-9-13-18/h4-13,15,21-23,34H,14H2,1-3H3,(H,27,32)(H,28,33)/t21-,22+,23+,26-/m1/s1. The number of carbonyl (C=O) groups excluding carboxylic acids is 3. The van der Waals surface area contributed by atoms with E-state index in [9.17, 15) is 19.5 Å². The number of benzene rings is 2. The van der Waals surface area contributed by atoms with Crippen LogP contribution < -0.4 is 10.6 Å². The lowest BCUT2D eigenvalue weighted by atomic mass is 9.61. The van der Waals surface area contributed by atoms with Gasteiger partial charge >= 0.3 is 0 Å². The Morgan fingerprint density at radius 2 is 1.53 bits per heavy atom. The summed E-state index contributed by atoms with van der Waals surface area (Å²) in [7, 11) is 1.73. The molecule has 4 atom stereocenters. The molecule has 2 aromatic carbocycles. The molecule has 8 heteroatoms. The number of carbonyl (C=O) groups is 3. The van der Waals surface area contributed by atoms with E-state index in [1.54, 1.807) is 73.4 Å². The van der Waals surface area contributed by atoms with Gasteiger partial charge in [0.1, 0.15) is 11.7 Å². The molecule has 0 aliphatic heterocycles. The monoisotopic (exact) mass is 460 g/mol. The third-order valence-electron chi connectivity index (χ3n) is 6.33. The number of para-hydroxylation sites is 2. The molecule has 1 saturated carbocycles. The molecule has 34 heavy (non-hydrogen) atoms. The molecule has 0 radical (unpaired) electrons. The first-order chi connectivity index (χ1) is 16.2. The highest BCUT2D eigenvalue weighted by atomic mass is 16.3. The molecule has 1 aliphatic rings. The van der Waals surface area contributed by atoms with Crippen LogP contribution in [0.2, 0.25) is 0 Å². The van der Waals surface area contributed by atoms with Crippen molar-refractivity contribution in [1.82, 2.24) is 9.78 Å². The predicted molar refractivity (Wildman–Crippen MR) is 128 cm³/mol. The summed E-state index contributed by atoms with van der Waals surface area (Å²) < 4.78 is 1.58. The van der Waals surface area contributed by atoms with E-state index < -0.39 is 41.0 Å². The van der Waals surface area contributed by atoms with Gasteiger partial charge in [-0.1, -0.05) is 36.4 Å². The van der Waals surface area contributed by atoms with Gasteiger partial charge in [-0.3, -0.25) is 19.1 Å². The Labute approximate surface area is 198 Å². The number of rotatable bonds is 5. The molecule has 176 valence electrons. The molecule has 3 N–H and O–H groups in total.